The summed E-state index contributed by atoms with van der Waals surface area (Å²) in [5.41, 5.74) is 2.23. The Morgan fingerprint density at radius 1 is 1.18 bits per heavy atom. The molecule has 1 aliphatic heterocycles. The Morgan fingerprint density at radius 3 is 2.64 bits per heavy atom. The number of rotatable bonds is 5. The third-order valence-corrected chi connectivity index (χ3v) is 7.01. The summed E-state index contributed by atoms with van der Waals surface area (Å²) >= 11 is 0. The molecule has 0 radical (unpaired) electrons. The molecular weight excluding hydrogens is 505 g/mol. The lowest BCUT2D eigenvalue weighted by Crippen LogP contribution is -2.51. The molecule has 39 heavy (non-hydrogen) atoms. The van der Waals surface area contributed by atoms with Crippen molar-refractivity contribution in [3.05, 3.63) is 53.6 Å². The van der Waals surface area contributed by atoms with Crippen molar-refractivity contribution in [1.82, 2.24) is 10.1 Å². The van der Waals surface area contributed by atoms with Crippen molar-refractivity contribution >= 4 is 40.8 Å². The molecule has 2 unspecified atom stereocenters. The second-order valence-electron chi connectivity index (χ2n) is 10.9. The zero-order chi connectivity index (χ0) is 27.9. The number of nitrogens with one attached hydrogen (secondary N) is 3. The van der Waals surface area contributed by atoms with Crippen LogP contribution in [0.15, 0.2) is 41.1 Å². The summed E-state index contributed by atoms with van der Waals surface area (Å²) in [5, 5.41) is 22.1. The fourth-order valence-corrected chi connectivity index (χ4v) is 4.88. The van der Waals surface area contributed by atoms with Gasteiger partial charge in [0.15, 0.2) is 0 Å². The minimum Gasteiger partial charge on any atom is -0.393 e. The minimum atomic E-state index is -0.719. The average Bonchev–Trinajstić information content (AvgIpc) is 3.53. The Hall–Kier alpha value is -4.19. The van der Waals surface area contributed by atoms with Crippen molar-refractivity contribution in [1.29, 1.82) is 0 Å². The van der Waals surface area contributed by atoms with Gasteiger partial charge in [0.1, 0.15) is 11.6 Å². The number of nitrogens with zero attached hydrogens (tertiary/aromatic N) is 4. The van der Waals surface area contributed by atoms with Crippen LogP contribution in [0.5, 0.6) is 0 Å². The van der Waals surface area contributed by atoms with Crippen LogP contribution in [0.4, 0.5) is 42.7 Å². The summed E-state index contributed by atoms with van der Waals surface area (Å²) in [6, 6.07) is 6.33. The number of carbonyl (C=O) groups excluding carboxylic acids is 2. The number of anilines is 5. The standard InChI is InChI=1S/C27H32FN7O4/c1-27(2,3)22-12-24(39-33-22)32-25(37)31-20-10-16(6-8-19(20)28)34-14-15-13-30-23(29-4)11-21(15)35(26(34)38)17-5-7-18(36)9-17/h6,8,10-13,17-18,36H,5,7,9,14H2,1-4H3,(H,29,30)(H2,31,32,37). The molecule has 12 heteroatoms. The Morgan fingerprint density at radius 2 is 1.97 bits per heavy atom. The lowest BCUT2D eigenvalue weighted by atomic mass is 9.92. The van der Waals surface area contributed by atoms with E-state index in [0.717, 1.165) is 11.3 Å². The number of benzene rings is 1. The highest BCUT2D eigenvalue weighted by molar-refractivity contribution is 6.07. The van der Waals surface area contributed by atoms with E-state index >= 15 is 0 Å². The van der Waals surface area contributed by atoms with E-state index in [4.69, 9.17) is 4.52 Å². The summed E-state index contributed by atoms with van der Waals surface area (Å²) in [4.78, 5) is 34.1. The van der Waals surface area contributed by atoms with Gasteiger partial charge in [0.2, 0.25) is 5.88 Å². The molecule has 0 bridgehead atoms. The van der Waals surface area contributed by atoms with E-state index in [1.807, 2.05) is 26.8 Å². The number of hydrogen-bond acceptors (Lipinski definition) is 7. The quantitative estimate of drug-likeness (QED) is 0.358. The first-order chi connectivity index (χ1) is 18.5. The predicted molar refractivity (Wildman–Crippen MR) is 146 cm³/mol. The summed E-state index contributed by atoms with van der Waals surface area (Å²) in [5.74, 6) is 0.0849. The van der Waals surface area contributed by atoms with Gasteiger partial charge in [-0.2, -0.15) is 0 Å². The summed E-state index contributed by atoms with van der Waals surface area (Å²) in [6.45, 7) is 6.09. The lowest BCUT2D eigenvalue weighted by molar-refractivity contribution is 0.181. The van der Waals surface area contributed by atoms with Crippen LogP contribution >= 0.6 is 0 Å². The summed E-state index contributed by atoms with van der Waals surface area (Å²) in [7, 11) is 1.75. The van der Waals surface area contributed by atoms with Crippen LogP contribution in [0, 0.1) is 5.82 Å². The number of fused-ring (bicyclic) bond motifs is 1. The maximum Gasteiger partial charge on any atom is 0.329 e. The molecule has 1 aromatic carbocycles. The molecule has 11 nitrogen and oxygen atoms in total. The van der Waals surface area contributed by atoms with Crippen LogP contribution in [-0.2, 0) is 12.0 Å². The fourth-order valence-electron chi connectivity index (χ4n) is 4.88. The van der Waals surface area contributed by atoms with Crippen LogP contribution in [0.2, 0.25) is 0 Å². The Bertz CT molecular complexity index is 1400. The first-order valence-corrected chi connectivity index (χ1v) is 12.8. The second-order valence-corrected chi connectivity index (χ2v) is 10.9. The topological polar surface area (TPSA) is 136 Å². The molecule has 3 heterocycles. The van der Waals surface area contributed by atoms with Gasteiger partial charge in [-0.25, -0.2) is 19.0 Å². The highest BCUT2D eigenvalue weighted by Crippen LogP contribution is 2.38. The number of pyridine rings is 1. The first kappa shape index (κ1) is 26.4. The largest absolute Gasteiger partial charge is 0.393 e. The molecule has 4 N–H and O–H groups in total. The van der Waals surface area contributed by atoms with Crippen molar-refractivity contribution in [2.45, 2.75) is 64.1 Å². The maximum atomic E-state index is 14.7. The van der Waals surface area contributed by atoms with Gasteiger partial charge in [-0.1, -0.05) is 25.9 Å². The normalized spacial score (nSPS) is 19.2. The number of carbonyl (C=O) groups is 2. The number of urea groups is 2. The van der Waals surface area contributed by atoms with E-state index < -0.39 is 18.0 Å². The Balaban J connectivity index is 1.40. The molecule has 2 atom stereocenters. The van der Waals surface area contributed by atoms with Crippen LogP contribution in [0.25, 0.3) is 0 Å². The van der Waals surface area contributed by atoms with Crippen LogP contribution < -0.4 is 25.8 Å². The van der Waals surface area contributed by atoms with Gasteiger partial charge in [0.25, 0.3) is 0 Å². The Kier molecular flexibility index (Phi) is 6.89. The number of aromatic nitrogens is 2. The molecule has 206 valence electrons. The van der Waals surface area contributed by atoms with E-state index in [1.165, 1.54) is 23.1 Å². The van der Waals surface area contributed by atoms with Gasteiger partial charge in [-0.3, -0.25) is 15.1 Å². The van der Waals surface area contributed by atoms with E-state index in [1.54, 1.807) is 24.2 Å². The molecule has 0 saturated heterocycles. The molecule has 4 amide bonds. The van der Waals surface area contributed by atoms with Gasteiger partial charge in [0, 0.05) is 48.1 Å². The highest BCUT2D eigenvalue weighted by atomic mass is 19.1. The first-order valence-electron chi connectivity index (χ1n) is 12.8. The highest BCUT2D eigenvalue weighted by Gasteiger charge is 2.39. The number of amides is 4. The number of aliphatic hydroxyl groups excluding tert-OH is 1. The summed E-state index contributed by atoms with van der Waals surface area (Å²) < 4.78 is 19.9. The molecule has 3 aromatic rings. The van der Waals surface area contributed by atoms with E-state index in [9.17, 15) is 19.1 Å². The SMILES string of the molecule is CNc1cc2c(cn1)CN(c1ccc(F)c(NC(=O)Nc3cc(C(C)(C)C)no3)c1)C(=O)N2C1CCC(O)C1. The van der Waals surface area contributed by atoms with Crippen molar-refractivity contribution < 1.29 is 23.6 Å². The molecule has 0 spiro atoms. The molecule has 5 rings (SSSR count). The van der Waals surface area contributed by atoms with Gasteiger partial charge >= 0.3 is 12.1 Å². The number of hydrogen-bond donors (Lipinski definition) is 4. The molecular formula is C27H32FN7O4. The molecule has 2 aromatic heterocycles. The van der Waals surface area contributed by atoms with Crippen molar-refractivity contribution in [2.24, 2.45) is 0 Å². The molecule has 1 fully saturated rings. The van der Waals surface area contributed by atoms with Gasteiger partial charge in [0.05, 0.1) is 29.7 Å². The van der Waals surface area contributed by atoms with Crippen molar-refractivity contribution in [3.8, 4) is 0 Å². The maximum absolute atomic E-state index is 14.7. The zero-order valence-electron chi connectivity index (χ0n) is 22.3. The Labute approximate surface area is 225 Å². The van der Waals surface area contributed by atoms with Crippen LogP contribution in [0.1, 0.15) is 51.3 Å². The lowest BCUT2D eigenvalue weighted by Gasteiger charge is -2.40. The van der Waals surface area contributed by atoms with Gasteiger partial charge in [-0.05, 0) is 37.5 Å². The third kappa shape index (κ3) is 5.37. The van der Waals surface area contributed by atoms with Crippen LogP contribution in [0.3, 0.4) is 0 Å². The van der Waals surface area contributed by atoms with Crippen LogP contribution in [-0.4, -0.2) is 46.5 Å². The van der Waals surface area contributed by atoms with Crippen molar-refractivity contribution in [3.63, 3.8) is 0 Å². The van der Waals surface area contributed by atoms with E-state index in [2.05, 4.69) is 26.1 Å². The van der Waals surface area contributed by atoms with Gasteiger partial charge in [-0.15, -0.1) is 0 Å². The zero-order valence-corrected chi connectivity index (χ0v) is 22.3. The predicted octanol–water partition coefficient (Wildman–Crippen LogP) is 5.05. The number of halogens is 1. The number of aliphatic hydroxyl groups is 1. The van der Waals surface area contributed by atoms with Gasteiger partial charge < -0.3 is 20.3 Å². The smallest absolute Gasteiger partial charge is 0.329 e. The van der Waals surface area contributed by atoms with E-state index in [-0.39, 0.29) is 35.6 Å². The minimum absolute atomic E-state index is 0.106. The molecule has 1 aliphatic carbocycles. The summed E-state index contributed by atoms with van der Waals surface area (Å²) in [6.07, 6.45) is 2.96. The second kappa shape index (κ2) is 10.2. The monoisotopic (exact) mass is 537 g/mol. The van der Waals surface area contributed by atoms with E-state index in [0.29, 0.717) is 36.5 Å². The van der Waals surface area contributed by atoms with Crippen molar-refractivity contribution in [2.75, 3.05) is 32.8 Å². The fraction of sp³-hybridized carbons (Fsp3) is 0.407. The average molecular weight is 538 g/mol. The molecule has 2 aliphatic rings. The molecule has 1 saturated carbocycles. The third-order valence-electron chi connectivity index (χ3n) is 7.01.